The molecular formula is C19H23N3O3. The second kappa shape index (κ2) is 6.19. The van der Waals surface area contributed by atoms with Crippen molar-refractivity contribution in [3.8, 4) is 0 Å². The number of nitrogens with zero attached hydrogens (tertiary/aromatic N) is 2. The first-order valence-electron chi connectivity index (χ1n) is 8.78. The molecule has 2 aromatic rings. The molecule has 0 unspecified atom stereocenters. The van der Waals surface area contributed by atoms with Gasteiger partial charge in [0, 0.05) is 44.2 Å². The molecule has 132 valence electrons. The molecule has 25 heavy (non-hydrogen) atoms. The zero-order valence-corrected chi connectivity index (χ0v) is 14.5. The van der Waals surface area contributed by atoms with Gasteiger partial charge in [0.2, 0.25) is 5.91 Å². The number of nitrogens with one attached hydrogen (secondary N) is 1. The Kier molecular flexibility index (Phi) is 4.00. The highest BCUT2D eigenvalue weighted by atomic mass is 16.5. The molecule has 0 bridgehead atoms. The van der Waals surface area contributed by atoms with Crippen molar-refractivity contribution in [1.82, 2.24) is 14.8 Å². The Morgan fingerprint density at radius 1 is 1.12 bits per heavy atom. The number of aromatic nitrogens is 1. The summed E-state index contributed by atoms with van der Waals surface area (Å²) in [7, 11) is 1.64. The van der Waals surface area contributed by atoms with Crippen LogP contribution in [0, 0.1) is 5.41 Å². The Bertz CT molecular complexity index is 768. The number of hydrogen-bond donors (Lipinski definition) is 1. The third kappa shape index (κ3) is 2.91. The lowest BCUT2D eigenvalue weighted by Crippen LogP contribution is -2.52. The molecule has 4 rings (SSSR count). The first-order chi connectivity index (χ1) is 12.1. The maximum atomic E-state index is 12.7. The van der Waals surface area contributed by atoms with Crippen LogP contribution in [0.1, 0.15) is 23.3 Å². The molecule has 2 fully saturated rings. The number of amides is 2. The minimum atomic E-state index is -0.294. The molecular weight excluding hydrogens is 318 g/mol. The number of piperazine rings is 1. The number of carbonyl (C=O) groups is 2. The highest BCUT2D eigenvalue weighted by molar-refractivity contribution is 5.98. The van der Waals surface area contributed by atoms with E-state index in [4.69, 9.17) is 4.74 Å². The number of fused-ring (bicyclic) bond motifs is 1. The van der Waals surface area contributed by atoms with Gasteiger partial charge < -0.3 is 19.5 Å². The van der Waals surface area contributed by atoms with Gasteiger partial charge in [-0.05, 0) is 25.0 Å². The number of benzene rings is 1. The molecule has 2 heterocycles. The third-order valence-corrected chi connectivity index (χ3v) is 5.34. The summed E-state index contributed by atoms with van der Waals surface area (Å²) in [5.41, 5.74) is 1.28. The van der Waals surface area contributed by atoms with Gasteiger partial charge in [0.1, 0.15) is 5.69 Å². The lowest BCUT2D eigenvalue weighted by Gasteiger charge is -2.36. The van der Waals surface area contributed by atoms with Gasteiger partial charge in [-0.3, -0.25) is 9.59 Å². The Hall–Kier alpha value is -2.34. The summed E-state index contributed by atoms with van der Waals surface area (Å²) in [6.07, 6.45) is 1.82. The first-order valence-corrected chi connectivity index (χ1v) is 8.78. The van der Waals surface area contributed by atoms with Crippen molar-refractivity contribution in [3.05, 3.63) is 36.0 Å². The summed E-state index contributed by atoms with van der Waals surface area (Å²) in [5, 5.41) is 1.04. The number of ether oxygens (including phenoxy) is 1. The minimum absolute atomic E-state index is 0.00123. The molecule has 0 atom stereocenters. The summed E-state index contributed by atoms with van der Waals surface area (Å²) >= 11 is 0. The summed E-state index contributed by atoms with van der Waals surface area (Å²) in [4.78, 5) is 32.3. The van der Waals surface area contributed by atoms with Crippen LogP contribution in [0.2, 0.25) is 0 Å². The molecule has 2 amide bonds. The average molecular weight is 341 g/mol. The van der Waals surface area contributed by atoms with Crippen molar-refractivity contribution < 1.29 is 14.3 Å². The largest absolute Gasteiger partial charge is 0.384 e. The van der Waals surface area contributed by atoms with Crippen molar-refractivity contribution in [2.24, 2.45) is 5.41 Å². The van der Waals surface area contributed by atoms with E-state index in [1.807, 2.05) is 40.1 Å². The van der Waals surface area contributed by atoms with Gasteiger partial charge in [0.15, 0.2) is 0 Å². The summed E-state index contributed by atoms with van der Waals surface area (Å²) in [6, 6.07) is 9.76. The number of rotatable bonds is 4. The maximum Gasteiger partial charge on any atom is 0.270 e. The zero-order chi connectivity index (χ0) is 17.4. The van der Waals surface area contributed by atoms with Crippen molar-refractivity contribution in [2.75, 3.05) is 39.9 Å². The highest BCUT2D eigenvalue weighted by Crippen LogP contribution is 2.47. The molecule has 1 aliphatic carbocycles. The number of aromatic amines is 1. The van der Waals surface area contributed by atoms with E-state index < -0.39 is 0 Å². The van der Waals surface area contributed by atoms with E-state index >= 15 is 0 Å². The van der Waals surface area contributed by atoms with E-state index in [2.05, 4.69) is 4.98 Å². The predicted molar refractivity (Wildman–Crippen MR) is 94.3 cm³/mol. The Balaban J connectivity index is 1.40. The number of hydrogen-bond acceptors (Lipinski definition) is 3. The molecule has 1 aromatic carbocycles. The fourth-order valence-electron chi connectivity index (χ4n) is 3.65. The van der Waals surface area contributed by atoms with Crippen molar-refractivity contribution in [2.45, 2.75) is 12.8 Å². The molecule has 0 spiro atoms. The zero-order valence-electron chi connectivity index (χ0n) is 14.5. The van der Waals surface area contributed by atoms with Gasteiger partial charge in [0.05, 0.1) is 12.0 Å². The molecule has 6 nitrogen and oxygen atoms in total. The topological polar surface area (TPSA) is 65.6 Å². The molecule has 1 saturated heterocycles. The number of carbonyl (C=O) groups excluding carboxylic acids is 2. The quantitative estimate of drug-likeness (QED) is 0.923. The highest BCUT2D eigenvalue weighted by Gasteiger charge is 2.52. The van der Waals surface area contributed by atoms with Gasteiger partial charge in [-0.1, -0.05) is 18.2 Å². The van der Waals surface area contributed by atoms with E-state index in [-0.39, 0.29) is 17.2 Å². The number of para-hydroxylation sites is 1. The van der Waals surface area contributed by atoms with Gasteiger partial charge >= 0.3 is 0 Å². The molecule has 2 aliphatic rings. The second-order valence-electron chi connectivity index (χ2n) is 7.07. The molecule has 0 radical (unpaired) electrons. The van der Waals surface area contributed by atoms with Crippen LogP contribution < -0.4 is 0 Å². The molecule has 1 aliphatic heterocycles. The predicted octanol–water partition coefficient (Wildman–Crippen LogP) is 1.88. The Morgan fingerprint density at radius 2 is 1.80 bits per heavy atom. The van der Waals surface area contributed by atoms with Gasteiger partial charge in [-0.2, -0.15) is 0 Å². The Labute approximate surface area is 146 Å². The van der Waals surface area contributed by atoms with Crippen molar-refractivity contribution >= 4 is 22.7 Å². The van der Waals surface area contributed by atoms with E-state index in [0.717, 1.165) is 23.7 Å². The van der Waals surface area contributed by atoms with Crippen molar-refractivity contribution in [1.29, 1.82) is 0 Å². The van der Waals surface area contributed by atoms with Crippen LogP contribution in [0.3, 0.4) is 0 Å². The maximum absolute atomic E-state index is 12.7. The first kappa shape index (κ1) is 16.1. The summed E-state index contributed by atoms with van der Waals surface area (Å²) in [6.45, 7) is 2.83. The van der Waals surface area contributed by atoms with Gasteiger partial charge in [-0.25, -0.2) is 0 Å². The lowest BCUT2D eigenvalue weighted by atomic mass is 10.1. The number of H-pyrrole nitrogens is 1. The second-order valence-corrected chi connectivity index (χ2v) is 7.07. The molecule has 1 aromatic heterocycles. The van der Waals surface area contributed by atoms with Crippen LogP contribution in [-0.4, -0.2) is 66.5 Å². The SMILES string of the molecule is COCC1(C(=O)N2CCN(C(=O)c3cc4ccccc4[nH]3)CC2)CC1. The normalized spacial score (nSPS) is 19.2. The Morgan fingerprint density at radius 3 is 2.44 bits per heavy atom. The van der Waals surface area contributed by atoms with Crippen LogP contribution in [-0.2, 0) is 9.53 Å². The monoisotopic (exact) mass is 341 g/mol. The number of methoxy groups -OCH3 is 1. The summed E-state index contributed by atoms with van der Waals surface area (Å²) in [5.74, 6) is 0.188. The van der Waals surface area contributed by atoms with Gasteiger partial charge in [-0.15, -0.1) is 0 Å². The lowest BCUT2D eigenvalue weighted by molar-refractivity contribution is -0.140. The molecule has 6 heteroatoms. The standard InChI is InChI=1S/C19H23N3O3/c1-25-13-19(6-7-19)18(24)22-10-8-21(9-11-22)17(23)16-12-14-4-2-3-5-15(14)20-16/h2-5,12,20H,6-11,13H2,1H3. The molecule has 1 N–H and O–H groups in total. The van der Waals surface area contributed by atoms with Crippen LogP contribution in [0.15, 0.2) is 30.3 Å². The van der Waals surface area contributed by atoms with Crippen LogP contribution >= 0.6 is 0 Å². The van der Waals surface area contributed by atoms with E-state index in [9.17, 15) is 9.59 Å². The van der Waals surface area contributed by atoms with Crippen molar-refractivity contribution in [3.63, 3.8) is 0 Å². The minimum Gasteiger partial charge on any atom is -0.384 e. The smallest absolute Gasteiger partial charge is 0.270 e. The fourth-order valence-corrected chi connectivity index (χ4v) is 3.65. The average Bonchev–Trinajstić information content (AvgIpc) is 3.30. The van der Waals surface area contributed by atoms with Crippen LogP contribution in [0.5, 0.6) is 0 Å². The summed E-state index contributed by atoms with van der Waals surface area (Å²) < 4.78 is 5.21. The van der Waals surface area contributed by atoms with Gasteiger partial charge in [0.25, 0.3) is 5.91 Å². The van der Waals surface area contributed by atoms with Crippen LogP contribution in [0.4, 0.5) is 0 Å². The van der Waals surface area contributed by atoms with E-state index in [0.29, 0.717) is 38.5 Å². The third-order valence-electron chi connectivity index (χ3n) is 5.34. The molecule has 1 saturated carbocycles. The van der Waals surface area contributed by atoms with E-state index in [1.54, 1.807) is 7.11 Å². The van der Waals surface area contributed by atoms with Crippen LogP contribution in [0.25, 0.3) is 10.9 Å². The fraction of sp³-hybridized carbons (Fsp3) is 0.474. The van der Waals surface area contributed by atoms with E-state index in [1.165, 1.54) is 0 Å².